The maximum absolute atomic E-state index is 5.54. The summed E-state index contributed by atoms with van der Waals surface area (Å²) in [5, 5.41) is 13.1. The normalized spacial score (nSPS) is 11.8. The molecule has 21 aromatic rings. The van der Waals surface area contributed by atoms with E-state index in [-0.39, 0.29) is 0 Å². The Morgan fingerprint density at radius 1 is 0.217 bits per heavy atom. The lowest BCUT2D eigenvalue weighted by Gasteiger charge is -2.12. The number of fused-ring (bicyclic) bond motifs is 12. The number of nitrogens with zero attached hydrogens (tertiary/aromatic N) is 16. The van der Waals surface area contributed by atoms with E-state index >= 15 is 0 Å². The van der Waals surface area contributed by atoms with Crippen molar-refractivity contribution in [3.05, 3.63) is 328 Å². The molecule has 16 nitrogen and oxygen atoms in total. The van der Waals surface area contributed by atoms with Crippen molar-refractivity contribution in [2.75, 3.05) is 0 Å². The number of hydrogen-bond acceptors (Lipinski definition) is 10. The fraction of sp³-hybridized carbons (Fsp3) is 0.0111. The molecule has 16 heteroatoms. The molecule has 13 aromatic carbocycles. The van der Waals surface area contributed by atoms with Crippen LogP contribution >= 0.6 is 0 Å². The van der Waals surface area contributed by atoms with Gasteiger partial charge in [-0.05, 0) is 59.9 Å². The number of benzene rings is 13. The highest BCUT2D eigenvalue weighted by Crippen LogP contribution is 2.45. The largest absolute Gasteiger partial charge is 0.397 e. The van der Waals surface area contributed by atoms with Crippen LogP contribution in [0.3, 0.4) is 0 Å². The van der Waals surface area contributed by atoms with Crippen molar-refractivity contribution in [1.29, 1.82) is 0 Å². The molecule has 0 aliphatic heterocycles. The predicted molar refractivity (Wildman–Crippen MR) is 419 cm³/mol. The Labute approximate surface area is 604 Å². The highest BCUT2D eigenvalue weighted by Gasteiger charge is 2.28. The molecule has 0 unspecified atom stereocenters. The minimum absolute atomic E-state index is 0.342. The Morgan fingerprint density at radius 2 is 0.472 bits per heavy atom. The summed E-state index contributed by atoms with van der Waals surface area (Å²) in [6, 6.07) is 112. The molecule has 0 aliphatic rings. The van der Waals surface area contributed by atoms with Crippen LogP contribution in [0.15, 0.2) is 328 Å². The van der Waals surface area contributed by atoms with Crippen molar-refractivity contribution >= 4 is 87.2 Å². The molecule has 0 N–H and O–H groups in total. The van der Waals surface area contributed by atoms with Crippen molar-refractivity contribution in [2.45, 2.75) is 6.67 Å². The van der Waals surface area contributed by atoms with Crippen LogP contribution < -0.4 is 9.78 Å². The molecule has 106 heavy (non-hydrogen) atoms. The van der Waals surface area contributed by atoms with Crippen molar-refractivity contribution in [3.63, 3.8) is 0 Å². The highest BCUT2D eigenvalue weighted by atomic mass is 15.4. The lowest BCUT2D eigenvalue weighted by Crippen LogP contribution is -2.42. The van der Waals surface area contributed by atoms with Gasteiger partial charge in [-0.15, -0.1) is 0 Å². The van der Waals surface area contributed by atoms with Gasteiger partial charge in [0.15, 0.2) is 41.6 Å². The van der Waals surface area contributed by atoms with Gasteiger partial charge in [-0.3, -0.25) is 18.8 Å². The van der Waals surface area contributed by atoms with Crippen LogP contribution in [0, 0.1) is 0 Å². The molecule has 0 atom stereocenters. The number of hydrogen-bond donors (Lipinski definition) is 0. The summed E-state index contributed by atoms with van der Waals surface area (Å²) in [5.74, 6) is 5.97. The van der Waals surface area contributed by atoms with Gasteiger partial charge < -0.3 is 9.55 Å². The average molecular weight is 1360 g/mol. The number of aromatic nitrogens is 16. The molecule has 0 saturated heterocycles. The Kier molecular flexibility index (Phi) is 13.9. The van der Waals surface area contributed by atoms with Gasteiger partial charge in [0.25, 0.3) is 0 Å². The van der Waals surface area contributed by atoms with Gasteiger partial charge in [0.1, 0.15) is 5.82 Å². The maximum Gasteiger partial charge on any atom is 0.238 e. The van der Waals surface area contributed by atoms with Gasteiger partial charge in [-0.25, -0.2) is 19.6 Å². The molecule has 8 aromatic heterocycles. The van der Waals surface area contributed by atoms with Crippen molar-refractivity contribution < 1.29 is 4.68 Å². The van der Waals surface area contributed by atoms with E-state index in [2.05, 4.69) is 127 Å². The molecule has 0 amide bonds. The first-order valence-corrected chi connectivity index (χ1v) is 35.1. The van der Waals surface area contributed by atoms with Crippen molar-refractivity contribution in [3.8, 4) is 109 Å². The second-order valence-corrected chi connectivity index (χ2v) is 26.3. The third kappa shape index (κ3) is 10.0. The van der Waals surface area contributed by atoms with Crippen molar-refractivity contribution in [1.82, 2.24) is 73.2 Å². The lowest BCUT2D eigenvalue weighted by molar-refractivity contribution is -0.748. The van der Waals surface area contributed by atoms with E-state index in [0.29, 0.717) is 65.3 Å². The van der Waals surface area contributed by atoms with Crippen LogP contribution in [-0.4, -0.2) is 68.1 Å². The summed E-state index contributed by atoms with van der Waals surface area (Å²) in [5.41, 5.74) is 14.3. The average Bonchev–Trinajstić information content (AvgIpc) is 1.53. The zero-order valence-corrected chi connectivity index (χ0v) is 56.5. The lowest BCUT2D eigenvalue weighted by atomic mass is 10.1. The van der Waals surface area contributed by atoms with Crippen LogP contribution in [0.2, 0.25) is 0 Å². The Hall–Kier alpha value is -14.8. The van der Waals surface area contributed by atoms with Crippen LogP contribution in [0.1, 0.15) is 0 Å². The van der Waals surface area contributed by atoms with Gasteiger partial charge in [0.2, 0.25) is 17.8 Å². The quantitative estimate of drug-likeness (QED) is 0.101. The summed E-state index contributed by atoms with van der Waals surface area (Å²) in [4.78, 5) is 53.9. The Bertz CT molecular complexity index is 6830. The molecule has 8 heterocycles. The topological polar surface area (TPSA) is 167 Å². The van der Waals surface area contributed by atoms with Crippen molar-refractivity contribution in [2.24, 2.45) is 0 Å². The summed E-state index contributed by atoms with van der Waals surface area (Å²) >= 11 is 0. The van der Waals surface area contributed by atoms with Gasteiger partial charge in [0, 0.05) is 82.0 Å². The monoisotopic (exact) mass is 1360 g/mol. The van der Waals surface area contributed by atoms with Crippen LogP contribution in [0.4, 0.5) is 0 Å². The number of para-hydroxylation sites is 2. The van der Waals surface area contributed by atoms with Gasteiger partial charge in [0.05, 0.1) is 44.1 Å². The van der Waals surface area contributed by atoms with E-state index in [0.717, 1.165) is 138 Å². The molecule has 0 spiro atoms. The highest BCUT2D eigenvalue weighted by molar-refractivity contribution is 6.24. The van der Waals surface area contributed by atoms with Gasteiger partial charge in [-0.2, -0.15) is 29.9 Å². The summed E-state index contributed by atoms with van der Waals surface area (Å²) in [6.45, 7) is 0.342. The van der Waals surface area contributed by atoms with Crippen LogP contribution in [0.5, 0.6) is 0 Å². The van der Waals surface area contributed by atoms with Crippen LogP contribution in [0.25, 0.3) is 196 Å². The zero-order valence-electron chi connectivity index (χ0n) is 56.5. The van der Waals surface area contributed by atoms with Gasteiger partial charge >= 0.3 is 0 Å². The smallest absolute Gasteiger partial charge is 0.238 e. The molecule has 0 fully saturated rings. The summed E-state index contributed by atoms with van der Waals surface area (Å²) in [6.07, 6.45) is 0. The Morgan fingerprint density at radius 3 is 0.821 bits per heavy atom. The first-order valence-electron chi connectivity index (χ1n) is 35.1. The molecule has 0 saturated carbocycles. The van der Waals surface area contributed by atoms with Crippen LogP contribution in [-0.2, 0) is 6.67 Å². The maximum atomic E-state index is 5.54. The molecule has 0 radical (unpaired) electrons. The summed E-state index contributed by atoms with van der Waals surface area (Å²) in [7, 11) is 0. The van der Waals surface area contributed by atoms with E-state index in [9.17, 15) is 0 Å². The predicted octanol–water partition coefficient (Wildman–Crippen LogP) is 19.1. The third-order valence-electron chi connectivity index (χ3n) is 20.0. The first-order chi connectivity index (χ1) is 52.5. The van der Waals surface area contributed by atoms with E-state index < -0.39 is 0 Å². The molecular weight excluding hydrogens is 1310 g/mol. The fourth-order valence-electron chi connectivity index (χ4n) is 15.1. The Balaban J connectivity index is 0.901. The second-order valence-electron chi connectivity index (χ2n) is 26.3. The molecule has 496 valence electrons. The minimum atomic E-state index is 0.342. The summed E-state index contributed by atoms with van der Waals surface area (Å²) < 4.78 is 11.0. The standard InChI is InChI=1S/C90H56N16/c1-9-29-56(30-10-1)80-91-81(57-31-11-2-12-32-57)96-88(95-80)104-73-48-28-26-46-65(73)67-51-77-70(52-75(67)104)71-54-78-69(53-79(71)106(77)90-99-84(60-37-17-5-18-38-60)93-85(100-90)61-39-19-6-20-40-61)68-49-74-66(50-76(68)105(78)89-97-82(58-33-13-3-14-34-58)92-83(98-89)59-35-15-4-16-36-59)64-45-25-27-47-72(64)102(74)55-103-87(63-43-23-8-24-44-63)94-86(101-103)62-41-21-7-22-42-62/h1-54H,55H2. The van der Waals surface area contributed by atoms with Gasteiger partial charge in [-0.1, -0.05) is 279 Å². The molecule has 0 bridgehead atoms. The second kappa shape index (κ2) is 24.5. The zero-order chi connectivity index (χ0) is 69.8. The van der Waals surface area contributed by atoms with E-state index in [4.69, 9.17) is 54.9 Å². The van der Waals surface area contributed by atoms with E-state index in [1.54, 1.807) is 0 Å². The minimum Gasteiger partial charge on any atom is -0.397 e. The molecule has 0 aliphatic carbocycles. The third-order valence-corrected chi connectivity index (χ3v) is 20.0. The fourth-order valence-corrected chi connectivity index (χ4v) is 15.1. The SMILES string of the molecule is c1ccc(-c2nc(-c3ccccc3)nc(-n3c4ccccc4c4cc5c(cc43)c3cc4c(cc3n5-c3nc(-c5ccccc5)nc(-c5ccccc5)n3)c3cc5c(cc3n4-c3nc(-c4ccccc4)nc(-c4ccccc4)n3)c3ccccc3n5C[n+]3[n-]c(-c4ccccc4)nc3-c3ccccc3)n2)cc1. The molecular formula is C90H56N16. The van der Waals surface area contributed by atoms with E-state index in [1.165, 1.54) is 0 Å². The van der Waals surface area contributed by atoms with E-state index in [1.807, 2.05) is 223 Å². The first kappa shape index (κ1) is 60.0. The number of rotatable bonds is 13. The molecule has 21 rings (SSSR count).